The molecular formula is C15H15N5. The van der Waals surface area contributed by atoms with Gasteiger partial charge in [-0.05, 0) is 12.1 Å². The number of hydrogen-bond acceptors (Lipinski definition) is 3. The highest BCUT2D eigenvalue weighted by molar-refractivity contribution is 5.36. The Bertz CT molecular complexity index is 645. The molecule has 0 aromatic carbocycles. The molecule has 0 aliphatic heterocycles. The van der Waals surface area contributed by atoms with Gasteiger partial charge in [0.2, 0.25) is 0 Å². The lowest BCUT2D eigenvalue weighted by molar-refractivity contribution is 1.13. The summed E-state index contributed by atoms with van der Waals surface area (Å²) < 4.78 is 3.88. The van der Waals surface area contributed by atoms with E-state index in [-0.39, 0.29) is 0 Å². The second kappa shape index (κ2) is 6.84. The fraction of sp³-hybridized carbons (Fsp3) is 0. The molecule has 0 spiro atoms. The van der Waals surface area contributed by atoms with Gasteiger partial charge in [0.1, 0.15) is 5.65 Å². The van der Waals surface area contributed by atoms with Crippen LogP contribution in [0.2, 0.25) is 0 Å². The minimum atomic E-state index is 0.887. The van der Waals surface area contributed by atoms with Gasteiger partial charge < -0.3 is 8.80 Å². The maximum Gasteiger partial charge on any atom is 0.155 e. The standard InChI is InChI=1S/C7H6N2.C6H5N3.C2H4/c1-2-5-9-6-4-8-7(9)3-1;1-3-9-4-2-8-6(9)5-7-1;1-2/h1-6H;1-5H;1-2H2. The van der Waals surface area contributed by atoms with Crippen LogP contribution < -0.4 is 0 Å². The van der Waals surface area contributed by atoms with Crippen molar-refractivity contribution in [3.8, 4) is 0 Å². The average molecular weight is 265 g/mol. The molecule has 0 amide bonds. The lowest BCUT2D eigenvalue weighted by Crippen LogP contribution is -1.81. The third-order valence-electron chi connectivity index (χ3n) is 2.50. The van der Waals surface area contributed by atoms with Gasteiger partial charge in [-0.25, -0.2) is 9.97 Å². The number of hydrogen-bond donors (Lipinski definition) is 0. The van der Waals surface area contributed by atoms with Gasteiger partial charge >= 0.3 is 0 Å². The first-order valence-corrected chi connectivity index (χ1v) is 6.04. The van der Waals surface area contributed by atoms with Gasteiger partial charge in [-0.2, -0.15) is 0 Å². The van der Waals surface area contributed by atoms with Gasteiger partial charge in [0.25, 0.3) is 0 Å². The van der Waals surface area contributed by atoms with Crippen LogP contribution >= 0.6 is 0 Å². The predicted octanol–water partition coefficient (Wildman–Crippen LogP) is 2.87. The van der Waals surface area contributed by atoms with Gasteiger partial charge in [-0.3, -0.25) is 4.98 Å². The van der Waals surface area contributed by atoms with Gasteiger partial charge in [-0.1, -0.05) is 6.07 Å². The maximum absolute atomic E-state index is 4.08. The van der Waals surface area contributed by atoms with E-state index in [0.29, 0.717) is 0 Å². The van der Waals surface area contributed by atoms with Gasteiger partial charge in [0.15, 0.2) is 5.65 Å². The van der Waals surface area contributed by atoms with Crippen LogP contribution in [0.1, 0.15) is 0 Å². The van der Waals surface area contributed by atoms with E-state index < -0.39 is 0 Å². The normalized spacial score (nSPS) is 9.40. The zero-order chi connectivity index (χ0) is 14.2. The molecule has 5 heteroatoms. The van der Waals surface area contributed by atoms with Crippen molar-refractivity contribution in [2.24, 2.45) is 0 Å². The van der Waals surface area contributed by atoms with Crippen molar-refractivity contribution >= 4 is 11.3 Å². The molecule has 100 valence electrons. The second-order valence-electron chi connectivity index (χ2n) is 3.66. The predicted molar refractivity (Wildman–Crippen MR) is 79.4 cm³/mol. The number of pyridine rings is 1. The van der Waals surface area contributed by atoms with E-state index in [0.717, 1.165) is 11.3 Å². The first-order valence-electron chi connectivity index (χ1n) is 6.04. The van der Waals surface area contributed by atoms with E-state index in [9.17, 15) is 0 Å². The Morgan fingerprint density at radius 2 is 1.40 bits per heavy atom. The third kappa shape index (κ3) is 3.08. The van der Waals surface area contributed by atoms with E-state index >= 15 is 0 Å². The molecule has 4 aromatic rings. The monoisotopic (exact) mass is 265 g/mol. The highest BCUT2D eigenvalue weighted by Gasteiger charge is 1.87. The van der Waals surface area contributed by atoms with E-state index in [1.807, 2.05) is 51.8 Å². The Morgan fingerprint density at radius 1 is 0.750 bits per heavy atom. The smallest absolute Gasteiger partial charge is 0.155 e. The zero-order valence-electron chi connectivity index (χ0n) is 11.0. The summed E-state index contributed by atoms with van der Waals surface area (Å²) in [6, 6.07) is 5.93. The van der Waals surface area contributed by atoms with Crippen molar-refractivity contribution in [2.45, 2.75) is 0 Å². The van der Waals surface area contributed by atoms with Gasteiger partial charge in [-0.15, -0.1) is 13.2 Å². The molecule has 4 aromatic heterocycles. The Hall–Kier alpha value is -2.95. The van der Waals surface area contributed by atoms with E-state index in [4.69, 9.17) is 0 Å². The lowest BCUT2D eigenvalue weighted by atomic mass is 10.5. The maximum atomic E-state index is 4.08. The van der Waals surface area contributed by atoms with Crippen molar-refractivity contribution < 1.29 is 0 Å². The van der Waals surface area contributed by atoms with Gasteiger partial charge in [0, 0.05) is 43.4 Å². The van der Waals surface area contributed by atoms with E-state index in [2.05, 4.69) is 28.1 Å². The number of imidazole rings is 2. The topological polar surface area (TPSA) is 47.5 Å². The summed E-state index contributed by atoms with van der Waals surface area (Å²) in [7, 11) is 0. The number of aromatic nitrogens is 5. The number of fused-ring (bicyclic) bond motifs is 2. The Kier molecular flexibility index (Phi) is 4.61. The molecule has 0 fully saturated rings. The number of rotatable bonds is 0. The summed E-state index contributed by atoms with van der Waals surface area (Å²) in [6.07, 6.45) is 14.6. The average Bonchev–Trinajstić information content (AvgIpc) is 3.18. The molecule has 0 aliphatic rings. The molecular weight excluding hydrogens is 250 g/mol. The van der Waals surface area contributed by atoms with Crippen molar-refractivity contribution in [1.29, 1.82) is 0 Å². The largest absolute Gasteiger partial charge is 0.307 e. The molecule has 5 nitrogen and oxygen atoms in total. The fourth-order valence-electron chi connectivity index (χ4n) is 1.63. The summed E-state index contributed by atoms with van der Waals surface area (Å²) in [4.78, 5) is 12.0. The molecule has 4 heterocycles. The van der Waals surface area contributed by atoms with Crippen LogP contribution in [0.4, 0.5) is 0 Å². The van der Waals surface area contributed by atoms with Crippen molar-refractivity contribution in [3.63, 3.8) is 0 Å². The molecule has 0 saturated heterocycles. The van der Waals surface area contributed by atoms with Crippen LogP contribution in [0, 0.1) is 0 Å². The van der Waals surface area contributed by atoms with Crippen LogP contribution in [-0.2, 0) is 0 Å². The van der Waals surface area contributed by atoms with Crippen LogP contribution in [0.3, 0.4) is 0 Å². The van der Waals surface area contributed by atoms with Crippen molar-refractivity contribution in [3.05, 3.63) is 80.9 Å². The molecule has 0 N–H and O–H groups in total. The van der Waals surface area contributed by atoms with Crippen LogP contribution in [0.25, 0.3) is 11.3 Å². The first-order chi connectivity index (χ1) is 9.93. The fourth-order valence-corrected chi connectivity index (χ4v) is 1.63. The van der Waals surface area contributed by atoms with Crippen LogP contribution in [0.15, 0.2) is 80.9 Å². The molecule has 20 heavy (non-hydrogen) atoms. The minimum absolute atomic E-state index is 0.887. The van der Waals surface area contributed by atoms with Gasteiger partial charge in [0.05, 0.1) is 6.20 Å². The van der Waals surface area contributed by atoms with Crippen LogP contribution in [-0.4, -0.2) is 23.8 Å². The summed E-state index contributed by atoms with van der Waals surface area (Å²) >= 11 is 0. The Labute approximate surface area is 116 Å². The summed E-state index contributed by atoms with van der Waals surface area (Å²) in [5.41, 5.74) is 1.88. The summed E-state index contributed by atoms with van der Waals surface area (Å²) in [5.74, 6) is 0. The highest BCUT2D eigenvalue weighted by Crippen LogP contribution is 1.96. The SMILES string of the molecule is C=C.c1ccn2ccnc2c1.c1cn2ccnc2cn1. The molecule has 0 radical (unpaired) electrons. The van der Waals surface area contributed by atoms with Crippen LogP contribution in [0.5, 0.6) is 0 Å². The minimum Gasteiger partial charge on any atom is -0.307 e. The number of nitrogens with zero attached hydrogens (tertiary/aromatic N) is 5. The molecule has 0 saturated carbocycles. The van der Waals surface area contributed by atoms with E-state index in [1.54, 1.807) is 24.8 Å². The molecule has 4 rings (SSSR count). The quantitative estimate of drug-likeness (QED) is 0.459. The Balaban J connectivity index is 0.000000131. The van der Waals surface area contributed by atoms with Crippen molar-refractivity contribution in [2.75, 3.05) is 0 Å². The Morgan fingerprint density at radius 3 is 2.10 bits per heavy atom. The second-order valence-corrected chi connectivity index (χ2v) is 3.66. The van der Waals surface area contributed by atoms with Crippen molar-refractivity contribution in [1.82, 2.24) is 23.8 Å². The first kappa shape index (κ1) is 13.5. The summed E-state index contributed by atoms with van der Waals surface area (Å²) in [5, 5.41) is 0. The third-order valence-corrected chi connectivity index (χ3v) is 2.50. The highest BCUT2D eigenvalue weighted by atomic mass is 15.0. The molecule has 0 unspecified atom stereocenters. The lowest BCUT2D eigenvalue weighted by Gasteiger charge is -1.86. The molecule has 0 aliphatic carbocycles. The molecule has 0 bridgehead atoms. The summed E-state index contributed by atoms with van der Waals surface area (Å²) in [6.45, 7) is 6.00. The van der Waals surface area contributed by atoms with E-state index in [1.165, 1.54) is 0 Å². The molecule has 0 atom stereocenters. The zero-order valence-corrected chi connectivity index (χ0v) is 11.0.